The third-order valence-corrected chi connectivity index (χ3v) is 5.36. The predicted octanol–water partition coefficient (Wildman–Crippen LogP) is 2.87. The number of hydrogen-bond donors (Lipinski definition) is 2. The van der Waals surface area contributed by atoms with Crippen molar-refractivity contribution in [3.8, 4) is 0 Å². The molecule has 0 saturated carbocycles. The van der Waals surface area contributed by atoms with Gasteiger partial charge in [0.15, 0.2) is 6.29 Å². The molecule has 0 aliphatic carbocycles. The van der Waals surface area contributed by atoms with E-state index < -0.39 is 60.6 Å². The molecule has 13 heteroatoms. The van der Waals surface area contributed by atoms with Gasteiger partial charge >= 0.3 is 12.1 Å². The molecule has 4 atom stereocenters. The van der Waals surface area contributed by atoms with Crippen LogP contribution in [0.15, 0.2) is 18.2 Å². The summed E-state index contributed by atoms with van der Waals surface area (Å²) in [6, 6.07) is -0.234. The molecule has 2 rings (SSSR count). The van der Waals surface area contributed by atoms with Gasteiger partial charge in [-0.2, -0.15) is 18.2 Å². The van der Waals surface area contributed by atoms with Crippen LogP contribution in [-0.2, 0) is 30.3 Å². The van der Waals surface area contributed by atoms with Gasteiger partial charge in [0.05, 0.1) is 25.4 Å². The minimum Gasteiger partial charge on any atom is -0.389 e. The van der Waals surface area contributed by atoms with Crippen molar-refractivity contribution in [1.29, 1.82) is 0 Å². The van der Waals surface area contributed by atoms with Crippen LogP contribution in [0, 0.1) is 17.0 Å². The number of halogens is 5. The number of morpholine rings is 1. The summed E-state index contributed by atoms with van der Waals surface area (Å²) in [6.07, 6.45) is -7.54. The summed E-state index contributed by atoms with van der Waals surface area (Å²) < 4.78 is 77.1. The van der Waals surface area contributed by atoms with E-state index in [0.29, 0.717) is 12.7 Å². The molecule has 0 unspecified atom stereocenters. The van der Waals surface area contributed by atoms with Crippen LogP contribution >= 0.6 is 0 Å². The summed E-state index contributed by atoms with van der Waals surface area (Å²) in [7, 11) is 0. The third kappa shape index (κ3) is 9.26. The van der Waals surface area contributed by atoms with E-state index in [9.17, 15) is 36.6 Å². The van der Waals surface area contributed by atoms with Crippen molar-refractivity contribution in [2.75, 3.05) is 19.8 Å². The van der Waals surface area contributed by atoms with Gasteiger partial charge in [0, 0.05) is 19.5 Å². The lowest BCUT2D eigenvalue weighted by Gasteiger charge is -2.39. The Bertz CT molecular complexity index is 880. The number of hydrogen-bond acceptors (Lipinski definition) is 7. The highest BCUT2D eigenvalue weighted by Gasteiger charge is 2.46. The molecule has 1 fully saturated rings. The maximum atomic E-state index is 13.7. The summed E-state index contributed by atoms with van der Waals surface area (Å²) >= 11 is 0. The Hall–Kier alpha value is -2.35. The maximum Gasteiger partial charge on any atom is 0.493 e. The van der Waals surface area contributed by atoms with Gasteiger partial charge in [0.25, 0.3) is 5.91 Å². The van der Waals surface area contributed by atoms with Crippen molar-refractivity contribution in [2.24, 2.45) is 5.41 Å². The van der Waals surface area contributed by atoms with E-state index in [0.717, 1.165) is 25.5 Å². The second-order valence-corrected chi connectivity index (χ2v) is 9.72. The average Bonchev–Trinajstić information content (AvgIpc) is 2.73. The zero-order valence-electron chi connectivity index (χ0n) is 20.4. The summed E-state index contributed by atoms with van der Waals surface area (Å²) in [6.45, 7) is 7.28. The zero-order valence-corrected chi connectivity index (χ0v) is 20.4. The molecule has 0 aromatic heterocycles. The second kappa shape index (κ2) is 12.3. The summed E-state index contributed by atoms with van der Waals surface area (Å²) in [4.78, 5) is 27.9. The predicted molar refractivity (Wildman–Crippen MR) is 116 cm³/mol. The topological polar surface area (TPSA) is 97.3 Å². The van der Waals surface area contributed by atoms with Crippen molar-refractivity contribution >= 4 is 11.9 Å². The van der Waals surface area contributed by atoms with Crippen LogP contribution in [0.2, 0.25) is 0 Å². The standard InChI is InChI=1S/C23H31F5N2O6/c1-13(31)30(36-21(33)23(26,27)28)18(9-14-7-15(24)10-16(25)8-14)20(32)17-12-35-19(11-29-17)34-6-5-22(2,3)4/h7-8,10,17-20,29,32H,5-6,9,11-12H2,1-4H3/t17-,18+,19-,20+/m1/s1. The number of aliphatic hydroxyl groups is 1. The van der Waals surface area contributed by atoms with E-state index in [1.807, 2.05) is 20.8 Å². The summed E-state index contributed by atoms with van der Waals surface area (Å²) in [5.41, 5.74) is -0.0555. The largest absolute Gasteiger partial charge is 0.493 e. The van der Waals surface area contributed by atoms with Gasteiger partial charge in [0.2, 0.25) is 0 Å². The molecule has 2 N–H and O–H groups in total. The van der Waals surface area contributed by atoms with E-state index >= 15 is 0 Å². The molecule has 1 aliphatic rings. The molecule has 1 amide bonds. The minimum atomic E-state index is -5.43. The number of alkyl halides is 3. The van der Waals surface area contributed by atoms with Crippen molar-refractivity contribution in [3.63, 3.8) is 0 Å². The molecule has 1 heterocycles. The van der Waals surface area contributed by atoms with Crippen LogP contribution in [0.4, 0.5) is 22.0 Å². The normalized spacial score (nSPS) is 20.5. The van der Waals surface area contributed by atoms with E-state index in [4.69, 9.17) is 9.47 Å². The van der Waals surface area contributed by atoms with Crippen molar-refractivity contribution < 1.29 is 51.0 Å². The van der Waals surface area contributed by atoms with Gasteiger partial charge in [-0.05, 0) is 36.0 Å². The Labute approximate surface area is 205 Å². The van der Waals surface area contributed by atoms with Gasteiger partial charge < -0.3 is 24.7 Å². The van der Waals surface area contributed by atoms with Crippen LogP contribution in [0.1, 0.15) is 39.7 Å². The molecule has 0 bridgehead atoms. The number of hydroxylamine groups is 2. The molecule has 1 aliphatic heterocycles. The first-order valence-electron chi connectivity index (χ1n) is 11.3. The Balaban J connectivity index is 2.20. The van der Waals surface area contributed by atoms with Crippen molar-refractivity contribution in [1.82, 2.24) is 10.4 Å². The first-order chi connectivity index (χ1) is 16.6. The average molecular weight is 526 g/mol. The lowest BCUT2D eigenvalue weighted by atomic mass is 9.93. The van der Waals surface area contributed by atoms with Crippen LogP contribution in [0.5, 0.6) is 0 Å². The molecular formula is C23H31F5N2O6. The molecule has 8 nitrogen and oxygen atoms in total. The monoisotopic (exact) mass is 526 g/mol. The molecule has 0 spiro atoms. The van der Waals surface area contributed by atoms with Crippen LogP contribution in [-0.4, -0.2) is 72.5 Å². The fourth-order valence-corrected chi connectivity index (χ4v) is 3.49. The zero-order chi connectivity index (χ0) is 27.3. The van der Waals surface area contributed by atoms with E-state index in [-0.39, 0.29) is 29.2 Å². The van der Waals surface area contributed by atoms with Gasteiger partial charge in [-0.1, -0.05) is 20.8 Å². The summed E-state index contributed by atoms with van der Waals surface area (Å²) in [5, 5.41) is 14.0. The Morgan fingerprint density at radius 2 is 1.81 bits per heavy atom. The minimum absolute atomic E-state index is 0.0361. The number of rotatable bonds is 8. The fraction of sp³-hybridized carbons (Fsp3) is 0.652. The number of nitrogens with one attached hydrogen (secondary N) is 1. The number of ether oxygens (including phenoxy) is 2. The second-order valence-electron chi connectivity index (χ2n) is 9.72. The lowest BCUT2D eigenvalue weighted by Crippen LogP contribution is -2.60. The van der Waals surface area contributed by atoms with Crippen molar-refractivity contribution in [2.45, 2.75) is 71.2 Å². The molecule has 36 heavy (non-hydrogen) atoms. The number of benzene rings is 1. The first kappa shape index (κ1) is 29.9. The van der Waals surface area contributed by atoms with Gasteiger partial charge in [0.1, 0.15) is 17.7 Å². The molecule has 1 aromatic carbocycles. The molecule has 0 radical (unpaired) electrons. The Morgan fingerprint density at radius 1 is 1.19 bits per heavy atom. The number of carbonyl (C=O) groups is 2. The SMILES string of the molecule is CC(=O)N(OC(=O)C(F)(F)F)[C@@H](Cc1cc(F)cc(F)c1)[C@@H](O)[C@H]1CO[C@@H](OCCC(C)(C)C)CN1. The van der Waals surface area contributed by atoms with Gasteiger partial charge in [-0.15, -0.1) is 0 Å². The molecule has 204 valence electrons. The van der Waals surface area contributed by atoms with Crippen LogP contribution < -0.4 is 5.32 Å². The van der Waals surface area contributed by atoms with E-state index in [1.165, 1.54) is 0 Å². The smallest absolute Gasteiger partial charge is 0.389 e. The molecular weight excluding hydrogens is 495 g/mol. The van der Waals surface area contributed by atoms with Crippen LogP contribution in [0.25, 0.3) is 0 Å². The highest BCUT2D eigenvalue weighted by Crippen LogP contribution is 2.24. The van der Waals surface area contributed by atoms with Crippen LogP contribution in [0.3, 0.4) is 0 Å². The third-order valence-electron chi connectivity index (χ3n) is 5.36. The van der Waals surface area contributed by atoms with E-state index in [2.05, 4.69) is 10.2 Å². The number of aliphatic hydroxyl groups excluding tert-OH is 1. The van der Waals surface area contributed by atoms with Gasteiger partial charge in [-0.25, -0.2) is 13.6 Å². The highest BCUT2D eigenvalue weighted by atomic mass is 19.4. The first-order valence-corrected chi connectivity index (χ1v) is 11.3. The fourth-order valence-electron chi connectivity index (χ4n) is 3.49. The molecule has 1 saturated heterocycles. The van der Waals surface area contributed by atoms with Gasteiger partial charge in [-0.3, -0.25) is 4.79 Å². The van der Waals surface area contributed by atoms with E-state index in [1.54, 1.807) is 0 Å². The molecule has 1 aromatic rings. The maximum absolute atomic E-state index is 13.7. The Kier molecular flexibility index (Phi) is 10.2. The Morgan fingerprint density at radius 3 is 2.28 bits per heavy atom. The summed E-state index contributed by atoms with van der Waals surface area (Å²) in [5.74, 6) is -5.79. The van der Waals surface area contributed by atoms with Crippen molar-refractivity contribution in [3.05, 3.63) is 35.4 Å². The quantitative estimate of drug-likeness (QED) is 0.397. The highest BCUT2D eigenvalue weighted by molar-refractivity contribution is 5.79. The number of nitrogens with zero attached hydrogens (tertiary/aromatic N) is 1. The lowest BCUT2D eigenvalue weighted by molar-refractivity contribution is -0.250. The number of carbonyl (C=O) groups excluding carboxylic acids is 2. The number of amides is 1.